The molecule has 3 aliphatic rings. The third kappa shape index (κ3) is 5.23. The van der Waals surface area contributed by atoms with Crippen molar-refractivity contribution in [3.8, 4) is 0 Å². The quantitative estimate of drug-likeness (QED) is 0.621. The van der Waals surface area contributed by atoms with Crippen molar-refractivity contribution in [1.82, 2.24) is 0 Å². The lowest BCUT2D eigenvalue weighted by molar-refractivity contribution is -0.174. The number of carbonyl (C=O) groups excluding carboxylic acids is 2. The van der Waals surface area contributed by atoms with Gasteiger partial charge in [-0.05, 0) is 50.5 Å². The molecule has 0 aromatic carbocycles. The summed E-state index contributed by atoms with van der Waals surface area (Å²) >= 11 is 0. The fraction of sp³-hybridized carbons (Fsp3) is 0.760. The lowest BCUT2D eigenvalue weighted by atomic mass is 9.64. The molecule has 1 heterocycles. The zero-order valence-corrected chi connectivity index (χ0v) is 19.4. The van der Waals surface area contributed by atoms with Crippen LogP contribution in [-0.4, -0.2) is 46.6 Å². The summed E-state index contributed by atoms with van der Waals surface area (Å²) in [5.41, 5.74) is 0.496. The summed E-state index contributed by atoms with van der Waals surface area (Å²) in [6.07, 6.45) is 6.62. The van der Waals surface area contributed by atoms with Gasteiger partial charge in [0.15, 0.2) is 0 Å². The molecule has 0 aromatic rings. The SMILES string of the molecule is CCC(C)(C)C(=O)O[C@H]1[C@@H](O)[C@@H](C)C=C2C=C[C@H](C)[C@H](CC[C@@H]3C[C@@H](O)CC(=O)O3)[C@H]21. The Morgan fingerprint density at radius 2 is 1.94 bits per heavy atom. The Balaban J connectivity index is 1.81. The van der Waals surface area contributed by atoms with E-state index in [1.165, 1.54) is 0 Å². The largest absolute Gasteiger partial charge is 0.462 e. The minimum absolute atomic E-state index is 0.0594. The van der Waals surface area contributed by atoms with Gasteiger partial charge in [-0.1, -0.05) is 39.0 Å². The molecular formula is C25H38O6. The molecule has 3 rings (SSSR count). The van der Waals surface area contributed by atoms with Crippen molar-refractivity contribution in [3.63, 3.8) is 0 Å². The molecule has 0 amide bonds. The van der Waals surface area contributed by atoms with Crippen LogP contribution in [-0.2, 0) is 19.1 Å². The number of aliphatic hydroxyl groups is 2. The van der Waals surface area contributed by atoms with Crippen molar-refractivity contribution in [3.05, 3.63) is 23.8 Å². The lowest BCUT2D eigenvalue weighted by Gasteiger charge is -2.46. The standard InChI is InChI=1S/C25H38O6/c1-6-25(4,5)24(29)31-23-21-16(11-15(3)22(23)28)8-7-14(2)19(21)10-9-18-12-17(26)13-20(27)30-18/h7-8,11,14-15,17-19,21-23,26,28H,6,9-10,12-13H2,1-5H3/t14-,15-,17+,18+,19-,21-,22-,23+/m0/s1. The molecule has 0 aromatic heterocycles. The Bertz CT molecular complexity index is 738. The van der Waals surface area contributed by atoms with Gasteiger partial charge in [0.2, 0.25) is 0 Å². The maximum absolute atomic E-state index is 12.9. The van der Waals surface area contributed by atoms with E-state index >= 15 is 0 Å². The summed E-state index contributed by atoms with van der Waals surface area (Å²) in [6.45, 7) is 9.78. The van der Waals surface area contributed by atoms with Crippen molar-refractivity contribution in [2.45, 2.75) is 91.1 Å². The number of carbonyl (C=O) groups is 2. The van der Waals surface area contributed by atoms with E-state index in [-0.39, 0.29) is 48.1 Å². The topological polar surface area (TPSA) is 93.1 Å². The van der Waals surface area contributed by atoms with Gasteiger partial charge >= 0.3 is 11.9 Å². The number of esters is 2. The number of ether oxygens (including phenoxy) is 2. The first-order chi connectivity index (χ1) is 14.5. The number of hydrogen-bond acceptors (Lipinski definition) is 6. The second kappa shape index (κ2) is 9.45. The number of allylic oxidation sites excluding steroid dienone is 2. The molecular weight excluding hydrogens is 396 g/mol. The van der Waals surface area contributed by atoms with E-state index in [9.17, 15) is 19.8 Å². The molecule has 0 unspecified atom stereocenters. The number of rotatable bonds is 6. The van der Waals surface area contributed by atoms with E-state index in [2.05, 4.69) is 25.2 Å². The molecule has 2 aliphatic carbocycles. The summed E-state index contributed by atoms with van der Waals surface area (Å²) in [7, 11) is 0. The summed E-state index contributed by atoms with van der Waals surface area (Å²) < 4.78 is 11.5. The van der Waals surface area contributed by atoms with Crippen LogP contribution in [0.25, 0.3) is 0 Å². The lowest BCUT2D eigenvalue weighted by Crippen LogP contribution is -2.50. The van der Waals surface area contributed by atoms with Gasteiger partial charge in [0.05, 0.1) is 24.0 Å². The molecule has 174 valence electrons. The van der Waals surface area contributed by atoms with Crippen LogP contribution in [0.5, 0.6) is 0 Å². The monoisotopic (exact) mass is 434 g/mol. The van der Waals surface area contributed by atoms with Crippen LogP contribution in [0.3, 0.4) is 0 Å². The highest BCUT2D eigenvalue weighted by Crippen LogP contribution is 2.45. The summed E-state index contributed by atoms with van der Waals surface area (Å²) in [6, 6.07) is 0. The molecule has 0 radical (unpaired) electrons. The molecule has 1 aliphatic heterocycles. The Hall–Kier alpha value is -1.66. The summed E-state index contributed by atoms with van der Waals surface area (Å²) in [4.78, 5) is 24.6. The van der Waals surface area contributed by atoms with Gasteiger partial charge in [0.1, 0.15) is 12.2 Å². The number of fused-ring (bicyclic) bond motifs is 1. The molecule has 8 atom stereocenters. The highest BCUT2D eigenvalue weighted by Gasteiger charge is 2.47. The van der Waals surface area contributed by atoms with Crippen LogP contribution in [0.15, 0.2) is 23.8 Å². The third-order valence-electron chi connectivity index (χ3n) is 7.54. The first-order valence-electron chi connectivity index (χ1n) is 11.7. The molecule has 6 nitrogen and oxygen atoms in total. The van der Waals surface area contributed by atoms with Crippen LogP contribution >= 0.6 is 0 Å². The van der Waals surface area contributed by atoms with E-state index in [0.717, 1.165) is 12.0 Å². The van der Waals surface area contributed by atoms with Gasteiger partial charge in [-0.2, -0.15) is 0 Å². The maximum Gasteiger partial charge on any atom is 0.311 e. The molecule has 6 heteroatoms. The van der Waals surface area contributed by atoms with Crippen LogP contribution in [0.1, 0.15) is 66.7 Å². The van der Waals surface area contributed by atoms with Gasteiger partial charge < -0.3 is 19.7 Å². The zero-order valence-electron chi connectivity index (χ0n) is 19.4. The van der Waals surface area contributed by atoms with Crippen LogP contribution in [0.4, 0.5) is 0 Å². The minimum Gasteiger partial charge on any atom is -0.462 e. The Kier molecular flexibility index (Phi) is 7.32. The van der Waals surface area contributed by atoms with E-state index in [0.29, 0.717) is 19.3 Å². The number of cyclic esters (lactones) is 1. The van der Waals surface area contributed by atoms with E-state index in [1.54, 1.807) is 0 Å². The molecule has 1 fully saturated rings. The fourth-order valence-electron chi connectivity index (χ4n) is 5.03. The van der Waals surface area contributed by atoms with E-state index in [4.69, 9.17) is 9.47 Å². The second-order valence-corrected chi connectivity index (χ2v) is 10.3. The Morgan fingerprint density at radius 3 is 2.58 bits per heavy atom. The fourth-order valence-corrected chi connectivity index (χ4v) is 5.03. The molecule has 0 saturated carbocycles. The Labute approximate surface area is 185 Å². The number of aliphatic hydroxyl groups excluding tert-OH is 2. The maximum atomic E-state index is 12.9. The van der Waals surface area contributed by atoms with Crippen LogP contribution in [0, 0.1) is 29.1 Å². The predicted molar refractivity (Wildman–Crippen MR) is 117 cm³/mol. The van der Waals surface area contributed by atoms with Gasteiger partial charge in [0, 0.05) is 18.3 Å². The minimum atomic E-state index is -0.763. The first kappa shape index (κ1) is 24.0. The van der Waals surface area contributed by atoms with Gasteiger partial charge in [-0.15, -0.1) is 0 Å². The molecule has 0 bridgehead atoms. The molecule has 2 N–H and O–H groups in total. The van der Waals surface area contributed by atoms with Crippen molar-refractivity contribution in [2.75, 3.05) is 0 Å². The van der Waals surface area contributed by atoms with Crippen molar-refractivity contribution in [2.24, 2.45) is 29.1 Å². The van der Waals surface area contributed by atoms with Crippen LogP contribution < -0.4 is 0 Å². The average Bonchev–Trinajstić information content (AvgIpc) is 2.70. The number of hydrogen-bond donors (Lipinski definition) is 2. The summed E-state index contributed by atoms with van der Waals surface area (Å²) in [5.74, 6) is -0.478. The molecule has 0 spiro atoms. The average molecular weight is 435 g/mol. The van der Waals surface area contributed by atoms with E-state index in [1.807, 2.05) is 27.7 Å². The van der Waals surface area contributed by atoms with E-state index < -0.39 is 23.7 Å². The van der Waals surface area contributed by atoms with Crippen LogP contribution in [0.2, 0.25) is 0 Å². The smallest absolute Gasteiger partial charge is 0.311 e. The Morgan fingerprint density at radius 1 is 1.23 bits per heavy atom. The third-order valence-corrected chi connectivity index (χ3v) is 7.54. The molecule has 31 heavy (non-hydrogen) atoms. The molecule has 1 saturated heterocycles. The zero-order chi connectivity index (χ0) is 22.9. The van der Waals surface area contributed by atoms with Crippen molar-refractivity contribution in [1.29, 1.82) is 0 Å². The predicted octanol–water partition coefficient (Wildman–Crippen LogP) is 3.56. The summed E-state index contributed by atoms with van der Waals surface area (Å²) in [5, 5.41) is 20.9. The highest BCUT2D eigenvalue weighted by molar-refractivity contribution is 5.76. The van der Waals surface area contributed by atoms with Gasteiger partial charge in [-0.25, -0.2) is 0 Å². The first-order valence-corrected chi connectivity index (χ1v) is 11.7. The normalized spacial score (nSPS) is 38.2. The van der Waals surface area contributed by atoms with Crippen molar-refractivity contribution >= 4 is 11.9 Å². The van der Waals surface area contributed by atoms with Crippen molar-refractivity contribution < 1.29 is 29.3 Å². The highest BCUT2D eigenvalue weighted by atomic mass is 16.6. The van der Waals surface area contributed by atoms with Gasteiger partial charge in [-0.3, -0.25) is 9.59 Å². The van der Waals surface area contributed by atoms with Gasteiger partial charge in [0.25, 0.3) is 0 Å². The second-order valence-electron chi connectivity index (χ2n) is 10.3.